The van der Waals surface area contributed by atoms with E-state index in [4.69, 9.17) is 0 Å². The number of hydrogen-bond donors (Lipinski definition) is 1. The molecule has 0 radical (unpaired) electrons. The molecule has 25 heavy (non-hydrogen) atoms. The number of benzene rings is 2. The third-order valence-corrected chi connectivity index (χ3v) is 6.27. The molecule has 1 N–H and O–H groups in total. The molecule has 4 heteroatoms. The fourth-order valence-electron chi connectivity index (χ4n) is 3.46. The number of halogens is 1. The molecule has 1 amide bonds. The highest BCUT2D eigenvalue weighted by atomic mass is 127. The van der Waals surface area contributed by atoms with E-state index in [1.165, 1.54) is 18.4 Å². The average molecular weight is 448 g/mol. The summed E-state index contributed by atoms with van der Waals surface area (Å²) in [4.78, 5) is 15.0. The van der Waals surface area contributed by atoms with Gasteiger partial charge in [0.15, 0.2) is 0 Å². The van der Waals surface area contributed by atoms with Crippen LogP contribution in [0.25, 0.3) is 0 Å². The zero-order chi connectivity index (χ0) is 17.6. The van der Waals surface area contributed by atoms with Gasteiger partial charge in [0.2, 0.25) is 0 Å². The second-order valence-corrected chi connectivity index (χ2v) is 7.95. The van der Waals surface area contributed by atoms with E-state index in [9.17, 15) is 4.79 Å². The van der Waals surface area contributed by atoms with Crippen molar-refractivity contribution in [2.45, 2.75) is 26.3 Å². The Bertz CT molecular complexity index is 717. The van der Waals surface area contributed by atoms with Gasteiger partial charge in [-0.2, -0.15) is 0 Å². The molecule has 2 aromatic carbocycles. The molecule has 3 rings (SSSR count). The quantitative estimate of drug-likeness (QED) is 0.695. The molecule has 1 aliphatic heterocycles. The number of nitrogens with zero attached hydrogens (tertiary/aromatic N) is 1. The zero-order valence-electron chi connectivity index (χ0n) is 14.7. The third-order valence-electron chi connectivity index (χ3n) is 4.84. The van der Waals surface area contributed by atoms with Gasteiger partial charge < -0.3 is 5.32 Å². The first-order valence-corrected chi connectivity index (χ1v) is 10.0. The van der Waals surface area contributed by atoms with E-state index in [1.807, 2.05) is 25.1 Å². The van der Waals surface area contributed by atoms with E-state index in [2.05, 4.69) is 63.1 Å². The summed E-state index contributed by atoms with van der Waals surface area (Å²) < 4.78 is 1.05. The van der Waals surface area contributed by atoms with Crippen LogP contribution in [0, 0.1) is 16.4 Å². The molecular weight excluding hydrogens is 423 g/mol. The predicted molar refractivity (Wildman–Crippen MR) is 111 cm³/mol. The number of likely N-dealkylation sites (tertiary alicyclic amines) is 1. The lowest BCUT2D eigenvalue weighted by Crippen LogP contribution is -2.40. The van der Waals surface area contributed by atoms with Crippen LogP contribution in [0.5, 0.6) is 0 Å². The van der Waals surface area contributed by atoms with Crippen molar-refractivity contribution in [3.8, 4) is 0 Å². The SMILES string of the molecule is Cc1cccc(C(=O)NCC2CCCN(Cc3ccccc3)C2)c1I. The molecule has 1 heterocycles. The predicted octanol–water partition coefficient (Wildman–Crippen LogP) is 4.24. The van der Waals surface area contributed by atoms with Crippen molar-refractivity contribution < 1.29 is 4.79 Å². The van der Waals surface area contributed by atoms with E-state index in [-0.39, 0.29) is 5.91 Å². The van der Waals surface area contributed by atoms with Gasteiger partial charge >= 0.3 is 0 Å². The molecule has 1 aliphatic rings. The first-order chi connectivity index (χ1) is 12.1. The Morgan fingerprint density at radius 2 is 2.00 bits per heavy atom. The Labute approximate surface area is 164 Å². The summed E-state index contributed by atoms with van der Waals surface area (Å²) in [5.74, 6) is 0.581. The average Bonchev–Trinajstić information content (AvgIpc) is 2.63. The molecule has 1 atom stereocenters. The molecule has 0 aliphatic carbocycles. The summed E-state index contributed by atoms with van der Waals surface area (Å²) in [5, 5.41) is 3.15. The van der Waals surface area contributed by atoms with Crippen molar-refractivity contribution in [2.75, 3.05) is 19.6 Å². The standard InChI is InChI=1S/C21H25IN2O/c1-16-7-5-11-19(20(16)22)21(25)23-13-18-10-6-12-24(15-18)14-17-8-3-2-4-9-17/h2-5,7-9,11,18H,6,10,12-15H2,1H3,(H,23,25). The summed E-state index contributed by atoms with van der Waals surface area (Å²) >= 11 is 2.26. The minimum absolute atomic E-state index is 0.0493. The van der Waals surface area contributed by atoms with E-state index >= 15 is 0 Å². The first-order valence-electron chi connectivity index (χ1n) is 8.93. The summed E-state index contributed by atoms with van der Waals surface area (Å²) in [6, 6.07) is 16.5. The van der Waals surface area contributed by atoms with E-state index < -0.39 is 0 Å². The number of aryl methyl sites for hydroxylation is 1. The number of amides is 1. The maximum Gasteiger partial charge on any atom is 0.252 e. The molecule has 0 aromatic heterocycles. The number of hydrogen-bond acceptors (Lipinski definition) is 2. The number of carbonyl (C=O) groups excluding carboxylic acids is 1. The van der Waals surface area contributed by atoms with Gasteiger partial charge in [-0.15, -0.1) is 0 Å². The van der Waals surface area contributed by atoms with Crippen LogP contribution >= 0.6 is 22.6 Å². The molecule has 0 spiro atoms. The summed E-state index contributed by atoms with van der Waals surface area (Å²) in [6.07, 6.45) is 2.39. The van der Waals surface area contributed by atoms with Gasteiger partial charge in [-0.25, -0.2) is 0 Å². The van der Waals surface area contributed by atoms with Crippen molar-refractivity contribution in [3.63, 3.8) is 0 Å². The number of piperidine rings is 1. The van der Waals surface area contributed by atoms with Crippen LogP contribution in [0.4, 0.5) is 0 Å². The van der Waals surface area contributed by atoms with Crippen molar-refractivity contribution >= 4 is 28.5 Å². The van der Waals surface area contributed by atoms with Crippen molar-refractivity contribution in [1.29, 1.82) is 0 Å². The molecule has 0 saturated carbocycles. The van der Waals surface area contributed by atoms with Gasteiger partial charge in [0.1, 0.15) is 0 Å². The van der Waals surface area contributed by atoms with E-state index in [1.54, 1.807) is 0 Å². The summed E-state index contributed by atoms with van der Waals surface area (Å²) in [6.45, 7) is 6.01. The Hall–Kier alpha value is -1.40. The fourth-order valence-corrected chi connectivity index (χ4v) is 4.06. The first kappa shape index (κ1) is 18.4. The summed E-state index contributed by atoms with van der Waals surface area (Å²) in [7, 11) is 0. The largest absolute Gasteiger partial charge is 0.352 e. The molecule has 1 unspecified atom stereocenters. The van der Waals surface area contributed by atoms with Gasteiger partial charge in [0.05, 0.1) is 5.56 Å². The highest BCUT2D eigenvalue weighted by Gasteiger charge is 2.21. The third kappa shape index (κ3) is 5.05. The van der Waals surface area contributed by atoms with Crippen LogP contribution in [0.2, 0.25) is 0 Å². The second kappa shape index (κ2) is 8.81. The van der Waals surface area contributed by atoms with Crippen LogP contribution in [-0.4, -0.2) is 30.4 Å². The number of carbonyl (C=O) groups is 1. The lowest BCUT2D eigenvalue weighted by molar-refractivity contribution is 0.0929. The molecule has 3 nitrogen and oxygen atoms in total. The highest BCUT2D eigenvalue weighted by molar-refractivity contribution is 14.1. The van der Waals surface area contributed by atoms with Crippen LogP contribution in [0.15, 0.2) is 48.5 Å². The van der Waals surface area contributed by atoms with Gasteiger partial charge in [0, 0.05) is 23.2 Å². The van der Waals surface area contributed by atoms with Gasteiger partial charge in [0.25, 0.3) is 5.91 Å². The van der Waals surface area contributed by atoms with Crippen molar-refractivity contribution in [2.24, 2.45) is 5.92 Å². The Kier molecular flexibility index (Phi) is 6.48. The monoisotopic (exact) mass is 448 g/mol. The molecular formula is C21H25IN2O. The van der Waals surface area contributed by atoms with Crippen LogP contribution < -0.4 is 5.32 Å². The summed E-state index contributed by atoms with van der Waals surface area (Å²) in [5.41, 5.74) is 3.30. The van der Waals surface area contributed by atoms with Crippen LogP contribution in [0.3, 0.4) is 0 Å². The Morgan fingerprint density at radius 1 is 1.20 bits per heavy atom. The van der Waals surface area contributed by atoms with Gasteiger partial charge in [-0.3, -0.25) is 9.69 Å². The fraction of sp³-hybridized carbons (Fsp3) is 0.381. The minimum atomic E-state index is 0.0493. The van der Waals surface area contributed by atoms with Crippen LogP contribution in [0.1, 0.15) is 34.3 Å². The van der Waals surface area contributed by atoms with E-state index in [0.29, 0.717) is 5.92 Å². The molecule has 0 bridgehead atoms. The molecule has 1 fully saturated rings. The van der Waals surface area contributed by atoms with Gasteiger partial charge in [-0.05, 0) is 72.0 Å². The number of nitrogens with one attached hydrogen (secondary N) is 1. The maximum atomic E-state index is 12.5. The Morgan fingerprint density at radius 3 is 2.80 bits per heavy atom. The minimum Gasteiger partial charge on any atom is -0.352 e. The lowest BCUT2D eigenvalue weighted by atomic mass is 9.97. The van der Waals surface area contributed by atoms with E-state index in [0.717, 1.165) is 40.9 Å². The van der Waals surface area contributed by atoms with Crippen molar-refractivity contribution in [1.82, 2.24) is 10.2 Å². The second-order valence-electron chi connectivity index (χ2n) is 6.88. The van der Waals surface area contributed by atoms with Crippen molar-refractivity contribution in [3.05, 3.63) is 68.8 Å². The normalized spacial score (nSPS) is 18.1. The zero-order valence-corrected chi connectivity index (χ0v) is 16.8. The smallest absolute Gasteiger partial charge is 0.252 e. The Balaban J connectivity index is 1.52. The molecule has 2 aromatic rings. The topological polar surface area (TPSA) is 32.3 Å². The molecule has 1 saturated heterocycles. The maximum absolute atomic E-state index is 12.5. The molecule has 132 valence electrons. The van der Waals surface area contributed by atoms with Crippen LogP contribution in [-0.2, 0) is 6.54 Å². The number of rotatable bonds is 5. The highest BCUT2D eigenvalue weighted by Crippen LogP contribution is 2.19. The lowest BCUT2D eigenvalue weighted by Gasteiger charge is -2.32. The van der Waals surface area contributed by atoms with Gasteiger partial charge in [-0.1, -0.05) is 42.5 Å².